The van der Waals surface area contributed by atoms with E-state index in [1.165, 1.54) is 0 Å². The molecule has 0 aromatic carbocycles. The van der Waals surface area contributed by atoms with Crippen molar-refractivity contribution in [1.82, 2.24) is 25.1 Å². The number of aliphatic hydroxyl groups is 1. The molecule has 0 radical (unpaired) electrons. The van der Waals surface area contributed by atoms with Crippen LogP contribution in [-0.4, -0.2) is 43.3 Å². The van der Waals surface area contributed by atoms with Crippen LogP contribution in [0, 0.1) is 6.92 Å². The number of hydrogen-bond donors (Lipinski definition) is 2. The number of ether oxygens (including phenoxy) is 2. The molecule has 1 amide bonds. The predicted molar refractivity (Wildman–Crippen MR) is 142 cm³/mol. The number of anilines is 1. The number of aryl methyl sites for hydroxylation is 1. The molecule has 2 N–H and O–H groups in total. The van der Waals surface area contributed by atoms with Crippen LogP contribution in [0.5, 0.6) is 10.9 Å². The van der Waals surface area contributed by atoms with Crippen LogP contribution in [0.4, 0.5) is 5.13 Å². The Labute approximate surface area is 224 Å². The maximum absolute atomic E-state index is 13.3. The van der Waals surface area contributed by atoms with Crippen LogP contribution >= 0.6 is 11.3 Å². The topological polar surface area (TPSA) is 132 Å². The fourth-order valence-electron chi connectivity index (χ4n) is 3.89. The van der Waals surface area contributed by atoms with Crippen molar-refractivity contribution in [3.63, 3.8) is 0 Å². The normalized spacial score (nSPS) is 13.3. The van der Waals surface area contributed by atoms with E-state index < -0.39 is 5.60 Å². The van der Waals surface area contributed by atoms with E-state index in [0.717, 1.165) is 41.1 Å². The van der Waals surface area contributed by atoms with E-state index in [0.29, 0.717) is 44.4 Å². The fraction of sp³-hybridized carbons (Fsp3) is 0.333. The third kappa shape index (κ3) is 5.79. The van der Waals surface area contributed by atoms with Crippen LogP contribution in [0.15, 0.2) is 42.9 Å². The second kappa shape index (κ2) is 10.4. The van der Waals surface area contributed by atoms with E-state index in [1.807, 2.05) is 19.1 Å². The SMILES string of the molecule is COc1cnc(C2CC2)cc1-c1cc(C)ncc1C(=O)Nc1nnc(OCc2ccc(C(C)(C)O)cn2)s1. The molecule has 38 heavy (non-hydrogen) atoms. The Kier molecular flexibility index (Phi) is 7.04. The monoisotopic (exact) mass is 532 g/mol. The first-order valence-corrected chi connectivity index (χ1v) is 13.0. The molecule has 1 aliphatic rings. The van der Waals surface area contributed by atoms with Gasteiger partial charge in [0.15, 0.2) is 0 Å². The highest BCUT2D eigenvalue weighted by molar-refractivity contribution is 7.17. The second-order valence-electron chi connectivity index (χ2n) is 9.67. The summed E-state index contributed by atoms with van der Waals surface area (Å²) in [7, 11) is 1.59. The number of hydrogen-bond acceptors (Lipinski definition) is 10. The maximum Gasteiger partial charge on any atom is 0.296 e. The summed E-state index contributed by atoms with van der Waals surface area (Å²) in [5.74, 6) is 0.671. The average Bonchev–Trinajstić information content (AvgIpc) is 3.66. The number of rotatable bonds is 9. The molecule has 0 saturated heterocycles. The number of nitrogens with zero attached hydrogens (tertiary/aromatic N) is 5. The van der Waals surface area contributed by atoms with Crippen LogP contribution in [0.3, 0.4) is 0 Å². The second-order valence-corrected chi connectivity index (χ2v) is 10.6. The minimum atomic E-state index is -0.965. The predicted octanol–water partition coefficient (Wildman–Crippen LogP) is 4.64. The van der Waals surface area contributed by atoms with Crippen molar-refractivity contribution in [3.05, 3.63) is 71.1 Å². The van der Waals surface area contributed by atoms with Crippen LogP contribution in [-0.2, 0) is 12.2 Å². The fourth-order valence-corrected chi connectivity index (χ4v) is 4.48. The molecule has 0 atom stereocenters. The molecule has 4 heterocycles. The largest absolute Gasteiger partial charge is 0.494 e. The molecule has 1 aliphatic carbocycles. The zero-order chi connectivity index (χ0) is 26.9. The number of amides is 1. The molecular weight excluding hydrogens is 504 g/mol. The van der Waals surface area contributed by atoms with Crippen LogP contribution < -0.4 is 14.8 Å². The lowest BCUT2D eigenvalue weighted by atomic mass is 9.98. The zero-order valence-electron chi connectivity index (χ0n) is 21.6. The van der Waals surface area contributed by atoms with Gasteiger partial charge < -0.3 is 14.6 Å². The van der Waals surface area contributed by atoms with Gasteiger partial charge in [0.1, 0.15) is 12.4 Å². The van der Waals surface area contributed by atoms with E-state index in [1.54, 1.807) is 51.7 Å². The van der Waals surface area contributed by atoms with Gasteiger partial charge >= 0.3 is 0 Å². The van der Waals surface area contributed by atoms with Gasteiger partial charge in [-0.15, -0.1) is 5.10 Å². The van der Waals surface area contributed by atoms with Crippen molar-refractivity contribution in [3.8, 4) is 22.1 Å². The van der Waals surface area contributed by atoms with Gasteiger partial charge in [-0.1, -0.05) is 11.2 Å². The van der Waals surface area contributed by atoms with E-state index in [9.17, 15) is 9.90 Å². The number of aromatic nitrogens is 5. The number of nitrogens with one attached hydrogen (secondary N) is 1. The molecule has 10 nitrogen and oxygen atoms in total. The molecule has 4 aromatic heterocycles. The molecule has 0 aliphatic heterocycles. The molecule has 4 aromatic rings. The van der Waals surface area contributed by atoms with Gasteiger partial charge in [-0.05, 0) is 63.1 Å². The van der Waals surface area contributed by atoms with Crippen LogP contribution in [0.25, 0.3) is 11.1 Å². The van der Waals surface area contributed by atoms with Crippen molar-refractivity contribution in [2.75, 3.05) is 12.4 Å². The summed E-state index contributed by atoms with van der Waals surface area (Å²) >= 11 is 1.11. The van der Waals surface area contributed by atoms with Gasteiger partial charge in [0, 0.05) is 46.4 Å². The van der Waals surface area contributed by atoms with Crippen molar-refractivity contribution in [2.24, 2.45) is 0 Å². The quantitative estimate of drug-likeness (QED) is 0.316. The van der Waals surface area contributed by atoms with Gasteiger partial charge in [0.2, 0.25) is 5.13 Å². The first-order valence-electron chi connectivity index (χ1n) is 12.2. The van der Waals surface area contributed by atoms with E-state index >= 15 is 0 Å². The summed E-state index contributed by atoms with van der Waals surface area (Å²) in [5, 5.41) is 21.5. The maximum atomic E-state index is 13.3. The van der Waals surface area contributed by atoms with E-state index in [-0.39, 0.29) is 12.5 Å². The van der Waals surface area contributed by atoms with Gasteiger partial charge in [-0.3, -0.25) is 25.1 Å². The minimum Gasteiger partial charge on any atom is -0.494 e. The molecular formula is C27H28N6O4S. The number of carbonyl (C=O) groups excluding carboxylic acids is 1. The summed E-state index contributed by atoms with van der Waals surface area (Å²) < 4.78 is 11.3. The lowest BCUT2D eigenvalue weighted by molar-refractivity contribution is 0.0781. The highest BCUT2D eigenvalue weighted by Gasteiger charge is 2.27. The first-order chi connectivity index (χ1) is 18.2. The third-order valence-corrected chi connectivity index (χ3v) is 6.93. The first kappa shape index (κ1) is 25.7. The van der Waals surface area contributed by atoms with Crippen molar-refractivity contribution in [2.45, 2.75) is 51.7 Å². The Bertz CT molecular complexity index is 1460. The highest BCUT2D eigenvalue weighted by atomic mass is 32.1. The van der Waals surface area contributed by atoms with E-state index in [4.69, 9.17) is 9.47 Å². The zero-order valence-corrected chi connectivity index (χ0v) is 22.4. The Morgan fingerprint density at radius 3 is 2.61 bits per heavy atom. The standard InChI is InChI=1S/C27H28N6O4S/c1-15-9-19(20-10-22(16-5-6-16)30-13-23(20)36-4)21(12-28-15)24(34)31-25-32-33-26(38-25)37-14-18-8-7-17(11-29-18)27(2,3)35/h7-13,16,35H,5-6,14H2,1-4H3,(H,31,32,34). The van der Waals surface area contributed by atoms with Gasteiger partial charge in [-0.25, -0.2) is 0 Å². The Hall–Kier alpha value is -3.96. The highest BCUT2D eigenvalue weighted by Crippen LogP contribution is 2.42. The van der Waals surface area contributed by atoms with Crippen molar-refractivity contribution >= 4 is 22.4 Å². The average molecular weight is 533 g/mol. The molecule has 0 spiro atoms. The molecule has 0 bridgehead atoms. The van der Waals surface area contributed by atoms with Crippen molar-refractivity contribution < 1.29 is 19.4 Å². The van der Waals surface area contributed by atoms with E-state index in [2.05, 4.69) is 30.5 Å². The Morgan fingerprint density at radius 2 is 1.92 bits per heavy atom. The van der Waals surface area contributed by atoms with Gasteiger partial charge in [-0.2, -0.15) is 0 Å². The van der Waals surface area contributed by atoms with Gasteiger partial charge in [0.05, 0.1) is 30.2 Å². The Balaban J connectivity index is 1.31. The molecule has 11 heteroatoms. The van der Waals surface area contributed by atoms with Crippen LogP contribution in [0.1, 0.15) is 65.6 Å². The molecule has 196 valence electrons. The smallest absolute Gasteiger partial charge is 0.296 e. The minimum absolute atomic E-state index is 0.173. The lowest BCUT2D eigenvalue weighted by Crippen LogP contribution is -2.16. The van der Waals surface area contributed by atoms with Gasteiger partial charge in [0.25, 0.3) is 11.1 Å². The summed E-state index contributed by atoms with van der Waals surface area (Å²) in [5.41, 5.74) is 4.08. The summed E-state index contributed by atoms with van der Waals surface area (Å²) in [6.07, 6.45) is 7.11. The molecule has 1 saturated carbocycles. The number of methoxy groups -OCH3 is 1. The molecule has 5 rings (SSSR count). The molecule has 0 unspecified atom stereocenters. The number of pyridine rings is 3. The Morgan fingerprint density at radius 1 is 1.11 bits per heavy atom. The summed E-state index contributed by atoms with van der Waals surface area (Å²) in [4.78, 5) is 26.5. The van der Waals surface area contributed by atoms with Crippen LogP contribution in [0.2, 0.25) is 0 Å². The summed E-state index contributed by atoms with van der Waals surface area (Å²) in [6.45, 7) is 5.45. The van der Waals surface area contributed by atoms with Crippen molar-refractivity contribution in [1.29, 1.82) is 0 Å². The third-order valence-electron chi connectivity index (χ3n) is 6.18. The lowest BCUT2D eigenvalue weighted by Gasteiger charge is -2.17. The number of carbonyl (C=O) groups is 1. The summed E-state index contributed by atoms with van der Waals surface area (Å²) in [6, 6.07) is 7.45. The molecule has 1 fully saturated rings.